The maximum Gasteiger partial charge on any atom is 0.112 e. The molecule has 6 heteroatoms. The van der Waals surface area contributed by atoms with Crippen LogP contribution in [0.1, 0.15) is 0 Å². The highest BCUT2D eigenvalue weighted by Gasteiger charge is 2.21. The SMILES string of the molecule is Clc1ccccc1-n1nc(-c2cccc(Br)c2)c(Cl)c1-c1cccc(Br)c1. The number of hydrogen-bond acceptors (Lipinski definition) is 1. The number of para-hydroxylation sites is 1. The Hall–Kier alpha value is -1.59. The first kappa shape index (κ1) is 18.8. The molecule has 0 fully saturated rings. The normalized spacial score (nSPS) is 11.0. The lowest BCUT2D eigenvalue weighted by atomic mass is 10.1. The maximum absolute atomic E-state index is 6.85. The largest absolute Gasteiger partial charge is 0.229 e. The number of rotatable bonds is 3. The van der Waals surface area contributed by atoms with Crippen LogP contribution >= 0.6 is 55.1 Å². The Morgan fingerprint density at radius 2 is 1.37 bits per heavy atom. The minimum absolute atomic E-state index is 0.575. The van der Waals surface area contributed by atoms with E-state index in [2.05, 4.69) is 31.9 Å². The number of aromatic nitrogens is 2. The molecule has 0 aliphatic heterocycles. The molecular formula is C21H12Br2Cl2N2. The number of hydrogen-bond donors (Lipinski definition) is 0. The molecule has 0 spiro atoms. The van der Waals surface area contributed by atoms with Crippen molar-refractivity contribution in [2.24, 2.45) is 0 Å². The molecule has 4 aromatic rings. The van der Waals surface area contributed by atoms with Crippen LogP contribution in [0.4, 0.5) is 0 Å². The van der Waals surface area contributed by atoms with E-state index in [1.54, 1.807) is 0 Å². The Morgan fingerprint density at radius 1 is 0.741 bits per heavy atom. The van der Waals surface area contributed by atoms with E-state index in [9.17, 15) is 0 Å². The predicted molar refractivity (Wildman–Crippen MR) is 120 cm³/mol. The third-order valence-electron chi connectivity index (χ3n) is 4.10. The van der Waals surface area contributed by atoms with Crippen LogP contribution in [-0.4, -0.2) is 9.78 Å². The van der Waals surface area contributed by atoms with Gasteiger partial charge in [0.05, 0.1) is 21.4 Å². The average molecular weight is 523 g/mol. The molecule has 0 amide bonds. The Kier molecular flexibility index (Phi) is 5.42. The molecule has 0 aliphatic carbocycles. The zero-order chi connectivity index (χ0) is 19.0. The second-order valence-corrected chi connectivity index (χ2v) is 8.51. The van der Waals surface area contributed by atoms with Gasteiger partial charge in [-0.05, 0) is 36.4 Å². The zero-order valence-corrected chi connectivity index (χ0v) is 18.5. The summed E-state index contributed by atoms with van der Waals surface area (Å²) in [6.45, 7) is 0. The summed E-state index contributed by atoms with van der Waals surface area (Å²) in [6, 6.07) is 23.5. The second-order valence-electron chi connectivity index (χ2n) is 5.90. The van der Waals surface area contributed by atoms with Gasteiger partial charge in [-0.15, -0.1) is 0 Å². The van der Waals surface area contributed by atoms with Gasteiger partial charge in [0.25, 0.3) is 0 Å². The molecule has 0 atom stereocenters. The molecule has 4 rings (SSSR count). The van der Waals surface area contributed by atoms with Crippen molar-refractivity contribution < 1.29 is 0 Å². The monoisotopic (exact) mass is 520 g/mol. The first-order valence-electron chi connectivity index (χ1n) is 8.10. The van der Waals surface area contributed by atoms with Crippen molar-refractivity contribution >= 4 is 55.1 Å². The highest BCUT2D eigenvalue weighted by Crippen LogP contribution is 2.40. The molecule has 0 aliphatic rings. The van der Waals surface area contributed by atoms with E-state index in [0.29, 0.717) is 15.7 Å². The standard InChI is InChI=1S/C21H12Br2Cl2N2/c22-15-7-3-5-13(11-15)20-19(25)21(14-6-4-8-16(23)12-14)27(26-20)18-10-2-1-9-17(18)24/h1-12H. The fourth-order valence-corrected chi connectivity index (χ4v) is 4.25. The molecule has 2 nitrogen and oxygen atoms in total. The van der Waals surface area contributed by atoms with E-state index in [1.807, 2.05) is 77.5 Å². The fourth-order valence-electron chi connectivity index (χ4n) is 2.90. The van der Waals surface area contributed by atoms with Crippen LogP contribution in [0.15, 0.2) is 81.7 Å². The summed E-state index contributed by atoms with van der Waals surface area (Å²) in [5, 5.41) is 6.00. The van der Waals surface area contributed by atoms with Gasteiger partial charge in [-0.25, -0.2) is 4.68 Å². The first-order valence-corrected chi connectivity index (χ1v) is 10.4. The molecular weight excluding hydrogens is 511 g/mol. The van der Waals surface area contributed by atoms with Crippen molar-refractivity contribution in [3.05, 3.63) is 91.8 Å². The Bertz CT molecular complexity index is 1140. The van der Waals surface area contributed by atoms with E-state index in [-0.39, 0.29) is 0 Å². The molecule has 0 saturated carbocycles. The molecule has 3 aromatic carbocycles. The molecule has 0 bridgehead atoms. The average Bonchev–Trinajstić information content (AvgIpc) is 2.99. The summed E-state index contributed by atoms with van der Waals surface area (Å²) in [7, 11) is 0. The highest BCUT2D eigenvalue weighted by atomic mass is 79.9. The van der Waals surface area contributed by atoms with Gasteiger partial charge >= 0.3 is 0 Å². The quantitative estimate of drug-likeness (QED) is 0.266. The molecule has 0 unspecified atom stereocenters. The Balaban J connectivity index is 2.02. The van der Waals surface area contributed by atoms with E-state index in [4.69, 9.17) is 28.3 Å². The first-order chi connectivity index (χ1) is 13.0. The summed E-state index contributed by atoms with van der Waals surface area (Å²) < 4.78 is 3.74. The molecule has 0 saturated heterocycles. The third-order valence-corrected chi connectivity index (χ3v) is 5.77. The molecule has 27 heavy (non-hydrogen) atoms. The van der Waals surface area contributed by atoms with Gasteiger partial charge in [0.2, 0.25) is 0 Å². The smallest absolute Gasteiger partial charge is 0.112 e. The van der Waals surface area contributed by atoms with Gasteiger partial charge in [0.15, 0.2) is 0 Å². The van der Waals surface area contributed by atoms with Crippen molar-refractivity contribution in [1.29, 1.82) is 0 Å². The van der Waals surface area contributed by atoms with Crippen LogP contribution in [0, 0.1) is 0 Å². The summed E-state index contributed by atoms with van der Waals surface area (Å²) in [4.78, 5) is 0. The van der Waals surface area contributed by atoms with Gasteiger partial charge in [0, 0.05) is 20.1 Å². The molecule has 0 radical (unpaired) electrons. The number of benzene rings is 3. The second kappa shape index (κ2) is 7.80. The third kappa shape index (κ3) is 3.72. The van der Waals surface area contributed by atoms with Crippen LogP contribution in [0.3, 0.4) is 0 Å². The predicted octanol–water partition coefficient (Wildman–Crippen LogP) is 8.04. The van der Waals surface area contributed by atoms with Crippen molar-refractivity contribution in [3.63, 3.8) is 0 Å². The lowest BCUT2D eigenvalue weighted by Crippen LogP contribution is -2.00. The van der Waals surface area contributed by atoms with Gasteiger partial charge in [-0.2, -0.15) is 5.10 Å². The van der Waals surface area contributed by atoms with Crippen LogP contribution in [0.5, 0.6) is 0 Å². The van der Waals surface area contributed by atoms with Crippen molar-refractivity contribution in [3.8, 4) is 28.2 Å². The van der Waals surface area contributed by atoms with Gasteiger partial charge < -0.3 is 0 Å². The Morgan fingerprint density at radius 3 is 2.04 bits per heavy atom. The van der Waals surface area contributed by atoms with Crippen LogP contribution in [0.2, 0.25) is 10.0 Å². The summed E-state index contributed by atoms with van der Waals surface area (Å²) >= 11 is 20.4. The van der Waals surface area contributed by atoms with Gasteiger partial charge in [-0.1, -0.05) is 91.5 Å². The molecule has 0 N–H and O–H groups in total. The Labute approximate surface area is 184 Å². The van der Waals surface area contributed by atoms with Gasteiger partial charge in [-0.3, -0.25) is 0 Å². The van der Waals surface area contributed by atoms with Crippen LogP contribution in [-0.2, 0) is 0 Å². The molecule has 1 aromatic heterocycles. The van der Waals surface area contributed by atoms with E-state index >= 15 is 0 Å². The summed E-state index contributed by atoms with van der Waals surface area (Å²) in [5.41, 5.74) is 4.14. The minimum Gasteiger partial charge on any atom is -0.229 e. The van der Waals surface area contributed by atoms with Gasteiger partial charge in [0.1, 0.15) is 5.69 Å². The van der Waals surface area contributed by atoms with Crippen molar-refractivity contribution in [2.75, 3.05) is 0 Å². The van der Waals surface area contributed by atoms with Crippen LogP contribution in [0.25, 0.3) is 28.2 Å². The number of nitrogens with zero attached hydrogens (tertiary/aromatic N) is 2. The molecule has 134 valence electrons. The van der Waals surface area contributed by atoms with E-state index < -0.39 is 0 Å². The van der Waals surface area contributed by atoms with E-state index in [0.717, 1.165) is 31.5 Å². The maximum atomic E-state index is 6.85. The van der Waals surface area contributed by atoms with Crippen LogP contribution < -0.4 is 0 Å². The lowest BCUT2D eigenvalue weighted by Gasteiger charge is -2.10. The summed E-state index contributed by atoms with van der Waals surface area (Å²) in [5.74, 6) is 0. The van der Waals surface area contributed by atoms with E-state index in [1.165, 1.54) is 0 Å². The fraction of sp³-hybridized carbons (Fsp3) is 0. The highest BCUT2D eigenvalue weighted by molar-refractivity contribution is 9.10. The van der Waals surface area contributed by atoms with Crippen molar-refractivity contribution in [1.82, 2.24) is 9.78 Å². The summed E-state index contributed by atoms with van der Waals surface area (Å²) in [6.07, 6.45) is 0. The molecule has 1 heterocycles. The number of halogens is 4. The topological polar surface area (TPSA) is 17.8 Å². The lowest BCUT2D eigenvalue weighted by molar-refractivity contribution is 0.892. The zero-order valence-electron chi connectivity index (χ0n) is 13.8. The minimum atomic E-state index is 0.575. The van der Waals surface area contributed by atoms with Crippen molar-refractivity contribution in [2.45, 2.75) is 0 Å².